The van der Waals surface area contributed by atoms with Crippen molar-refractivity contribution in [2.24, 2.45) is 0 Å². The number of carbonyl (C=O) groups is 1. The van der Waals surface area contributed by atoms with Crippen molar-refractivity contribution in [3.63, 3.8) is 0 Å². The molecule has 3 atom stereocenters. The van der Waals surface area contributed by atoms with E-state index in [1.807, 2.05) is 0 Å². The highest BCUT2D eigenvalue weighted by Gasteiger charge is 2.26. The van der Waals surface area contributed by atoms with Gasteiger partial charge in [-0.25, -0.2) is 4.57 Å². The molecule has 0 radical (unpaired) electrons. The van der Waals surface area contributed by atoms with E-state index in [1.165, 1.54) is 193 Å². The Morgan fingerprint density at radius 1 is 0.477 bits per heavy atom. The van der Waals surface area contributed by atoms with E-state index in [9.17, 15) is 19.4 Å². The second kappa shape index (κ2) is 52.1. The third-order valence-electron chi connectivity index (χ3n) is 12.1. The fourth-order valence-corrected chi connectivity index (χ4v) is 8.68. The Kier molecular flexibility index (Phi) is 51.0. The Hall–Kier alpha value is -1.32. The van der Waals surface area contributed by atoms with Crippen LogP contribution in [0.25, 0.3) is 0 Å². The highest BCUT2D eigenvalue weighted by atomic mass is 31.2. The molecule has 0 rings (SSSR count). The van der Waals surface area contributed by atoms with E-state index >= 15 is 0 Å². The summed E-state index contributed by atoms with van der Waals surface area (Å²) in [6.45, 7) is 3.55. The van der Waals surface area contributed by atoms with Crippen LogP contribution in [0.3, 0.4) is 0 Å². The largest absolute Gasteiger partial charge is 0.472 e. The van der Waals surface area contributed by atoms with Crippen LogP contribution in [0.1, 0.15) is 264 Å². The highest BCUT2D eigenvalue weighted by Crippen LogP contribution is 2.43. The van der Waals surface area contributed by atoms with Crippen LogP contribution in [0.5, 0.6) is 0 Å². The molecule has 0 spiro atoms. The van der Waals surface area contributed by atoms with Crippen LogP contribution in [-0.4, -0.2) is 66.3 Å². The Morgan fingerprint density at radius 2 is 0.831 bits per heavy atom. The van der Waals surface area contributed by atoms with Gasteiger partial charge in [0.1, 0.15) is 12.2 Å². The molecule has 9 nitrogen and oxygen atoms in total. The van der Waals surface area contributed by atoms with Gasteiger partial charge in [0, 0.05) is 13.0 Å². The number of ether oxygens (including phenoxy) is 2. The number of hydrogen-bond acceptors (Lipinski definition) is 8. The molecule has 0 heterocycles. The van der Waals surface area contributed by atoms with Crippen molar-refractivity contribution < 1.29 is 43.0 Å². The molecule has 0 fully saturated rings. The number of phosphoric ester groups is 1. The van der Waals surface area contributed by atoms with Crippen LogP contribution in [-0.2, 0) is 27.9 Å². The lowest BCUT2D eigenvalue weighted by molar-refractivity contribution is -0.154. The summed E-state index contributed by atoms with van der Waals surface area (Å²) in [7, 11) is -4.53. The lowest BCUT2D eigenvalue weighted by atomic mass is 10.0. The minimum absolute atomic E-state index is 0.0487. The summed E-state index contributed by atoms with van der Waals surface area (Å²) >= 11 is 0. The number of esters is 1. The van der Waals surface area contributed by atoms with Gasteiger partial charge in [-0.2, -0.15) is 0 Å². The lowest BCUT2D eigenvalue weighted by Crippen LogP contribution is -2.29. The van der Waals surface area contributed by atoms with Crippen LogP contribution in [0.4, 0.5) is 0 Å². The zero-order chi connectivity index (χ0) is 47.4. The lowest BCUT2D eigenvalue weighted by Gasteiger charge is -2.20. The third-order valence-corrected chi connectivity index (χ3v) is 13.0. The fourth-order valence-electron chi connectivity index (χ4n) is 7.90. The molecule has 0 bridgehead atoms. The zero-order valence-corrected chi connectivity index (χ0v) is 43.4. The highest BCUT2D eigenvalue weighted by molar-refractivity contribution is 7.47. The van der Waals surface area contributed by atoms with E-state index in [2.05, 4.69) is 50.3 Å². The summed E-state index contributed by atoms with van der Waals surface area (Å²) in [5.74, 6) is -0.379. The van der Waals surface area contributed by atoms with Crippen LogP contribution in [0.15, 0.2) is 36.5 Å². The molecule has 3 N–H and O–H groups in total. The topological polar surface area (TPSA) is 132 Å². The molecule has 0 aromatic carbocycles. The maximum absolute atomic E-state index is 12.7. The van der Waals surface area contributed by atoms with E-state index < -0.39 is 33.2 Å². The first-order valence-corrected chi connectivity index (χ1v) is 29.0. The molecule has 0 aromatic heterocycles. The average molecular weight is 941 g/mol. The van der Waals surface area contributed by atoms with Gasteiger partial charge in [-0.1, -0.05) is 243 Å². The Labute approximate surface area is 401 Å². The second-order valence-electron chi connectivity index (χ2n) is 18.6. The molecule has 10 heteroatoms. The van der Waals surface area contributed by atoms with Gasteiger partial charge in [-0.15, -0.1) is 0 Å². The molecular formula is C55H105O9P. The van der Waals surface area contributed by atoms with Crippen molar-refractivity contribution in [2.75, 3.05) is 33.0 Å². The van der Waals surface area contributed by atoms with E-state index in [4.69, 9.17) is 23.6 Å². The quantitative estimate of drug-likeness (QED) is 0.0236. The smallest absolute Gasteiger partial charge is 0.457 e. The van der Waals surface area contributed by atoms with E-state index in [1.54, 1.807) is 0 Å². The zero-order valence-electron chi connectivity index (χ0n) is 42.5. The van der Waals surface area contributed by atoms with Gasteiger partial charge in [0.25, 0.3) is 0 Å². The maximum atomic E-state index is 12.7. The van der Waals surface area contributed by atoms with E-state index in [0.717, 1.165) is 51.4 Å². The molecule has 0 aliphatic rings. The van der Waals surface area contributed by atoms with Crippen molar-refractivity contribution in [1.82, 2.24) is 0 Å². The monoisotopic (exact) mass is 941 g/mol. The summed E-state index contributed by atoms with van der Waals surface area (Å²) < 4.78 is 33.6. The molecule has 0 aliphatic carbocycles. The summed E-state index contributed by atoms with van der Waals surface area (Å²) in [5, 5.41) is 18.4. The molecule has 0 saturated heterocycles. The SMILES string of the molecule is CCCCCCC/C=C\C/C=C\C/C=C\CCCCCCCCCCCOCC(COP(=O)(O)OCC(O)CO)OC(=O)CCCCCCCCCCCCCCCCCCCCCC. The van der Waals surface area contributed by atoms with Crippen molar-refractivity contribution in [2.45, 2.75) is 276 Å². The number of allylic oxidation sites excluding steroid dienone is 6. The molecular weight excluding hydrogens is 836 g/mol. The summed E-state index contributed by atoms with van der Waals surface area (Å²) in [5.41, 5.74) is 0. The number of unbranched alkanes of at least 4 members (excludes halogenated alkanes) is 33. The van der Waals surface area contributed by atoms with Gasteiger partial charge in [0.05, 0.1) is 26.4 Å². The van der Waals surface area contributed by atoms with Gasteiger partial charge in [0.2, 0.25) is 0 Å². The van der Waals surface area contributed by atoms with Gasteiger partial charge in [0.15, 0.2) is 0 Å². The molecule has 0 amide bonds. The maximum Gasteiger partial charge on any atom is 0.472 e. The second-order valence-corrected chi connectivity index (χ2v) is 20.1. The first kappa shape index (κ1) is 63.7. The molecule has 0 saturated carbocycles. The summed E-state index contributed by atoms with van der Waals surface area (Å²) in [4.78, 5) is 22.7. The predicted molar refractivity (Wildman–Crippen MR) is 274 cm³/mol. The molecule has 3 unspecified atom stereocenters. The Morgan fingerprint density at radius 3 is 1.25 bits per heavy atom. The van der Waals surface area contributed by atoms with Crippen LogP contribution in [0.2, 0.25) is 0 Å². The van der Waals surface area contributed by atoms with Gasteiger partial charge < -0.3 is 24.6 Å². The van der Waals surface area contributed by atoms with Crippen molar-refractivity contribution >= 4 is 13.8 Å². The Bertz CT molecular complexity index is 1110. The number of rotatable bonds is 53. The van der Waals surface area contributed by atoms with Crippen molar-refractivity contribution in [3.8, 4) is 0 Å². The third kappa shape index (κ3) is 51.9. The number of aliphatic hydroxyl groups is 2. The molecule has 384 valence electrons. The molecule has 65 heavy (non-hydrogen) atoms. The van der Waals surface area contributed by atoms with Crippen molar-refractivity contribution in [1.29, 1.82) is 0 Å². The minimum atomic E-state index is -4.53. The van der Waals surface area contributed by atoms with E-state index in [-0.39, 0.29) is 25.6 Å². The standard InChI is InChI=1S/C55H105O9P/c1-3-5-7-9-11-13-15-17-19-21-23-25-26-27-28-30-32-34-36-38-40-42-44-46-48-61-51-54(52-63-65(59,60)62-50-53(57)49-56)64-55(58)47-45-43-41-39-37-35-33-31-29-24-22-20-18-16-14-12-10-8-6-4-2/h15,17,21,23,26-27,53-54,56-57H,3-14,16,18-20,22,24-25,28-52H2,1-2H3,(H,59,60)/b17-15-,23-21-,27-26-. The fraction of sp³-hybridized carbons (Fsp3) is 0.873. The number of phosphoric acid groups is 1. The molecule has 0 aromatic rings. The van der Waals surface area contributed by atoms with Gasteiger partial charge in [-0.3, -0.25) is 13.8 Å². The number of aliphatic hydroxyl groups excluding tert-OH is 2. The Balaban J connectivity index is 4.03. The molecule has 0 aliphatic heterocycles. The van der Waals surface area contributed by atoms with E-state index in [0.29, 0.717) is 6.61 Å². The van der Waals surface area contributed by atoms with Gasteiger partial charge >= 0.3 is 13.8 Å². The van der Waals surface area contributed by atoms with Gasteiger partial charge in [-0.05, 0) is 51.4 Å². The van der Waals surface area contributed by atoms with Crippen LogP contribution < -0.4 is 0 Å². The summed E-state index contributed by atoms with van der Waals surface area (Å²) in [6, 6.07) is 0. The number of hydrogen-bond donors (Lipinski definition) is 3. The average Bonchev–Trinajstić information content (AvgIpc) is 3.30. The minimum Gasteiger partial charge on any atom is -0.457 e. The van der Waals surface area contributed by atoms with Crippen LogP contribution >= 0.6 is 7.82 Å². The number of carbonyl (C=O) groups excluding carboxylic acids is 1. The normalized spacial score (nSPS) is 14.0. The van der Waals surface area contributed by atoms with Crippen molar-refractivity contribution in [3.05, 3.63) is 36.5 Å². The van der Waals surface area contributed by atoms with Crippen LogP contribution in [0, 0.1) is 0 Å². The first-order valence-electron chi connectivity index (χ1n) is 27.5. The summed E-state index contributed by atoms with van der Waals surface area (Å²) in [6.07, 6.45) is 59.7. The predicted octanol–water partition coefficient (Wildman–Crippen LogP) is 16.3. The first-order chi connectivity index (χ1) is 31.8.